The Hall–Kier alpha value is -0.570. The molecule has 2 N–H and O–H groups in total. The van der Waals surface area contributed by atoms with Gasteiger partial charge in [0, 0.05) is 18.0 Å². The van der Waals surface area contributed by atoms with Gasteiger partial charge in [0.15, 0.2) is 0 Å². The normalized spacial score (nSPS) is 47.3. The Labute approximate surface area is 123 Å². The van der Waals surface area contributed by atoms with Gasteiger partial charge in [-0.3, -0.25) is 4.79 Å². The van der Waals surface area contributed by atoms with Crippen LogP contribution in [0.5, 0.6) is 0 Å². The summed E-state index contributed by atoms with van der Waals surface area (Å²) in [4.78, 5) is 12.5. The van der Waals surface area contributed by atoms with Gasteiger partial charge in [-0.25, -0.2) is 0 Å². The third-order valence-electron chi connectivity index (χ3n) is 5.97. The molecule has 114 valence electrons. The summed E-state index contributed by atoms with van der Waals surface area (Å²) in [5.41, 5.74) is 1.03. The molecule has 4 aliphatic carbocycles. The first kappa shape index (κ1) is 14.4. The molecule has 3 nitrogen and oxygen atoms in total. The van der Waals surface area contributed by atoms with Crippen molar-refractivity contribution in [1.82, 2.24) is 10.6 Å². The topological polar surface area (TPSA) is 41.1 Å². The fraction of sp³-hybridized carbons (Fsp3) is 0.941. The summed E-state index contributed by atoms with van der Waals surface area (Å²) in [5.74, 6) is 1.14. The summed E-state index contributed by atoms with van der Waals surface area (Å²) in [7, 11) is 1.91. The Kier molecular flexibility index (Phi) is 3.20. The van der Waals surface area contributed by atoms with Gasteiger partial charge in [-0.2, -0.15) is 0 Å². The zero-order valence-corrected chi connectivity index (χ0v) is 13.5. The Morgan fingerprint density at radius 1 is 1.15 bits per heavy atom. The summed E-state index contributed by atoms with van der Waals surface area (Å²) in [5, 5.41) is 6.59. The van der Waals surface area contributed by atoms with Crippen molar-refractivity contribution in [2.24, 2.45) is 22.7 Å². The minimum Gasteiger partial charge on any atom is -0.350 e. The van der Waals surface area contributed by atoms with Crippen molar-refractivity contribution in [1.29, 1.82) is 0 Å². The molecule has 0 aromatic heterocycles. The molecule has 20 heavy (non-hydrogen) atoms. The van der Waals surface area contributed by atoms with Gasteiger partial charge < -0.3 is 10.6 Å². The minimum absolute atomic E-state index is 0.0635. The number of carbonyl (C=O) groups is 1. The average Bonchev–Trinajstić information content (AvgIpc) is 2.23. The van der Waals surface area contributed by atoms with Crippen molar-refractivity contribution in [3.63, 3.8) is 0 Å². The summed E-state index contributed by atoms with van der Waals surface area (Å²) >= 11 is 0. The highest BCUT2D eigenvalue weighted by atomic mass is 16.2. The Balaban J connectivity index is 1.77. The smallest absolute Gasteiger partial charge is 0.224 e. The maximum Gasteiger partial charge on any atom is 0.224 e. The monoisotopic (exact) mass is 278 g/mol. The SMILES string of the molecule is CNCC(C)C(=O)NC12CC3CC(C)(CC(C)(C3)C1)C2. The van der Waals surface area contributed by atoms with Gasteiger partial charge in [-0.05, 0) is 62.3 Å². The molecule has 0 aromatic carbocycles. The van der Waals surface area contributed by atoms with Crippen molar-refractivity contribution >= 4 is 5.91 Å². The number of carbonyl (C=O) groups excluding carboxylic acids is 1. The molecular weight excluding hydrogens is 248 g/mol. The first-order valence-electron chi connectivity index (χ1n) is 8.24. The lowest BCUT2D eigenvalue weighted by molar-refractivity contribution is -0.142. The lowest BCUT2D eigenvalue weighted by Gasteiger charge is -2.65. The maximum absolute atomic E-state index is 12.5. The highest BCUT2D eigenvalue weighted by molar-refractivity contribution is 5.79. The van der Waals surface area contributed by atoms with E-state index in [0.717, 1.165) is 12.5 Å². The van der Waals surface area contributed by atoms with Crippen LogP contribution in [0.1, 0.15) is 59.3 Å². The van der Waals surface area contributed by atoms with Gasteiger partial charge in [-0.1, -0.05) is 20.8 Å². The van der Waals surface area contributed by atoms with Gasteiger partial charge >= 0.3 is 0 Å². The van der Waals surface area contributed by atoms with E-state index in [1.165, 1.54) is 38.5 Å². The van der Waals surface area contributed by atoms with E-state index in [1.54, 1.807) is 0 Å². The molecule has 1 amide bonds. The largest absolute Gasteiger partial charge is 0.350 e. The van der Waals surface area contributed by atoms with Gasteiger partial charge in [0.2, 0.25) is 5.91 Å². The molecule has 0 aliphatic heterocycles. The predicted molar refractivity (Wildman–Crippen MR) is 81.4 cm³/mol. The molecule has 3 heteroatoms. The molecule has 4 rings (SSSR count). The van der Waals surface area contributed by atoms with Crippen LogP contribution in [0.25, 0.3) is 0 Å². The quantitative estimate of drug-likeness (QED) is 0.830. The molecule has 0 aromatic rings. The van der Waals surface area contributed by atoms with E-state index < -0.39 is 0 Å². The molecule has 4 bridgehead atoms. The molecule has 3 atom stereocenters. The lowest BCUT2D eigenvalue weighted by atomic mass is 9.42. The summed E-state index contributed by atoms with van der Waals surface area (Å²) in [6.07, 6.45) is 7.74. The van der Waals surface area contributed by atoms with E-state index in [1.807, 2.05) is 14.0 Å². The Morgan fingerprint density at radius 2 is 1.75 bits per heavy atom. The van der Waals surface area contributed by atoms with Crippen LogP contribution in [0.4, 0.5) is 0 Å². The molecule has 0 heterocycles. The van der Waals surface area contributed by atoms with Crippen LogP contribution < -0.4 is 10.6 Å². The van der Waals surface area contributed by atoms with Crippen molar-refractivity contribution in [3.05, 3.63) is 0 Å². The van der Waals surface area contributed by atoms with Gasteiger partial charge in [0.25, 0.3) is 0 Å². The first-order valence-corrected chi connectivity index (χ1v) is 8.24. The van der Waals surface area contributed by atoms with Crippen LogP contribution in [0, 0.1) is 22.7 Å². The summed E-state index contributed by atoms with van der Waals surface area (Å²) in [6, 6.07) is 0. The fourth-order valence-corrected chi connectivity index (χ4v) is 6.37. The van der Waals surface area contributed by atoms with E-state index in [9.17, 15) is 4.79 Å². The van der Waals surface area contributed by atoms with Crippen LogP contribution in [-0.4, -0.2) is 25.0 Å². The number of rotatable bonds is 4. The fourth-order valence-electron chi connectivity index (χ4n) is 6.37. The third-order valence-corrected chi connectivity index (χ3v) is 5.97. The van der Waals surface area contributed by atoms with Crippen LogP contribution in [0.2, 0.25) is 0 Å². The minimum atomic E-state index is 0.0635. The number of hydrogen-bond donors (Lipinski definition) is 2. The number of nitrogens with one attached hydrogen (secondary N) is 2. The van der Waals surface area contributed by atoms with Crippen molar-refractivity contribution < 1.29 is 4.79 Å². The van der Waals surface area contributed by atoms with E-state index in [-0.39, 0.29) is 17.4 Å². The Bertz CT molecular complexity index is 401. The molecule has 0 saturated heterocycles. The predicted octanol–water partition coefficient (Wildman–Crippen LogP) is 2.71. The first-order chi connectivity index (χ1) is 9.27. The van der Waals surface area contributed by atoms with E-state index >= 15 is 0 Å². The number of hydrogen-bond acceptors (Lipinski definition) is 2. The lowest BCUT2D eigenvalue weighted by Crippen LogP contribution is -2.65. The third kappa shape index (κ3) is 2.38. The molecule has 4 fully saturated rings. The van der Waals surface area contributed by atoms with Gasteiger partial charge in [0.05, 0.1) is 0 Å². The number of amides is 1. The molecule has 0 spiro atoms. The molecule has 3 unspecified atom stereocenters. The van der Waals surface area contributed by atoms with E-state index in [0.29, 0.717) is 10.8 Å². The standard InChI is InChI=1S/C17H30N2O/c1-12(8-18-4)14(20)19-17-7-13-5-15(2,10-17)9-16(3,6-13)11-17/h12-13,18H,5-11H2,1-4H3,(H,19,20). The Morgan fingerprint density at radius 3 is 2.25 bits per heavy atom. The molecule has 4 aliphatic rings. The molecular formula is C17H30N2O. The second-order valence-electron chi connectivity index (χ2n) is 8.86. The zero-order chi connectivity index (χ0) is 14.6. The summed E-state index contributed by atoms with van der Waals surface area (Å²) in [6.45, 7) is 7.69. The summed E-state index contributed by atoms with van der Waals surface area (Å²) < 4.78 is 0. The van der Waals surface area contributed by atoms with Crippen LogP contribution in [-0.2, 0) is 4.79 Å². The average molecular weight is 278 g/mol. The van der Waals surface area contributed by atoms with Crippen molar-refractivity contribution in [3.8, 4) is 0 Å². The second kappa shape index (κ2) is 4.46. The zero-order valence-electron chi connectivity index (χ0n) is 13.5. The van der Waals surface area contributed by atoms with Crippen LogP contribution in [0.3, 0.4) is 0 Å². The van der Waals surface area contributed by atoms with Crippen molar-refractivity contribution in [2.45, 2.75) is 64.8 Å². The van der Waals surface area contributed by atoms with E-state index in [2.05, 4.69) is 24.5 Å². The highest BCUT2D eigenvalue weighted by Crippen LogP contribution is 2.66. The van der Waals surface area contributed by atoms with Gasteiger partial charge in [0.1, 0.15) is 0 Å². The van der Waals surface area contributed by atoms with Crippen LogP contribution in [0.15, 0.2) is 0 Å². The highest BCUT2D eigenvalue weighted by Gasteiger charge is 2.60. The maximum atomic E-state index is 12.5. The molecule has 4 saturated carbocycles. The molecule has 0 radical (unpaired) electrons. The van der Waals surface area contributed by atoms with Crippen molar-refractivity contribution in [2.75, 3.05) is 13.6 Å². The van der Waals surface area contributed by atoms with Crippen LogP contribution >= 0.6 is 0 Å². The second-order valence-corrected chi connectivity index (χ2v) is 8.86. The van der Waals surface area contributed by atoms with Gasteiger partial charge in [-0.15, -0.1) is 0 Å². The van der Waals surface area contributed by atoms with E-state index in [4.69, 9.17) is 0 Å².